The maximum absolute atomic E-state index is 6.49. The minimum absolute atomic E-state index is 0.528. The Hall–Kier alpha value is -1.74. The highest BCUT2D eigenvalue weighted by Gasteiger charge is 2.16. The van der Waals surface area contributed by atoms with Gasteiger partial charge in [0, 0.05) is 17.8 Å². The molecule has 1 heterocycles. The lowest BCUT2D eigenvalue weighted by molar-refractivity contribution is 0.209. The van der Waals surface area contributed by atoms with Crippen LogP contribution in [0, 0.1) is 5.92 Å². The molecule has 0 unspecified atom stereocenters. The highest BCUT2D eigenvalue weighted by Crippen LogP contribution is 2.33. The van der Waals surface area contributed by atoms with Crippen LogP contribution in [0.4, 0.5) is 5.82 Å². The summed E-state index contributed by atoms with van der Waals surface area (Å²) in [6.07, 6.45) is 14.8. The summed E-state index contributed by atoms with van der Waals surface area (Å²) in [5, 5.41) is 4.28. The Bertz CT molecular complexity index is 767. The Morgan fingerprint density at radius 2 is 1.71 bits per heavy atom. The number of anilines is 1. The second-order valence-corrected chi connectivity index (χ2v) is 8.78. The summed E-state index contributed by atoms with van der Waals surface area (Å²) in [7, 11) is 0. The van der Waals surface area contributed by atoms with E-state index >= 15 is 0 Å². The number of nitrogens with zero attached hydrogens (tertiary/aromatic N) is 1. The van der Waals surface area contributed by atoms with E-state index in [0.717, 1.165) is 29.3 Å². The van der Waals surface area contributed by atoms with Gasteiger partial charge in [0.25, 0.3) is 0 Å². The molecule has 0 amide bonds. The van der Waals surface area contributed by atoms with Crippen molar-refractivity contribution in [2.75, 3.05) is 11.9 Å². The van der Waals surface area contributed by atoms with E-state index in [4.69, 9.17) is 16.3 Å². The predicted molar refractivity (Wildman–Crippen MR) is 117 cm³/mol. The summed E-state index contributed by atoms with van der Waals surface area (Å²) < 4.78 is 6.12. The smallest absolute Gasteiger partial charge is 0.126 e. The van der Waals surface area contributed by atoms with Gasteiger partial charge in [-0.25, -0.2) is 4.98 Å². The quantitative estimate of drug-likeness (QED) is 0.563. The fourth-order valence-electron chi connectivity index (χ4n) is 4.52. The molecule has 2 aliphatic carbocycles. The van der Waals surface area contributed by atoms with Crippen molar-refractivity contribution < 1.29 is 4.74 Å². The number of hydrogen-bond donors (Lipinski definition) is 1. The van der Waals surface area contributed by atoms with Crippen LogP contribution >= 0.6 is 11.6 Å². The number of rotatable bonds is 6. The van der Waals surface area contributed by atoms with Crippen LogP contribution in [0.15, 0.2) is 36.5 Å². The summed E-state index contributed by atoms with van der Waals surface area (Å²) in [5.74, 6) is 2.55. The molecular weight excluding hydrogens is 368 g/mol. The van der Waals surface area contributed by atoms with Crippen LogP contribution in [0.25, 0.3) is 11.1 Å². The van der Waals surface area contributed by atoms with Gasteiger partial charge in [0.15, 0.2) is 0 Å². The van der Waals surface area contributed by atoms with Crippen molar-refractivity contribution in [1.29, 1.82) is 0 Å². The van der Waals surface area contributed by atoms with Gasteiger partial charge in [-0.1, -0.05) is 62.3 Å². The lowest BCUT2D eigenvalue weighted by Gasteiger charge is -2.23. The third-order valence-corrected chi connectivity index (χ3v) is 6.47. The van der Waals surface area contributed by atoms with Crippen molar-refractivity contribution in [3.63, 3.8) is 0 Å². The SMILES string of the molecule is Clc1cnc(NC2CCCCC2)cc1-c1cccc(OCC2CCCCC2)c1. The molecule has 4 heteroatoms. The highest BCUT2D eigenvalue weighted by molar-refractivity contribution is 6.33. The third kappa shape index (κ3) is 5.20. The molecule has 0 aliphatic heterocycles. The largest absolute Gasteiger partial charge is 0.493 e. The molecule has 2 aliphatic rings. The lowest BCUT2D eigenvalue weighted by atomic mass is 9.90. The van der Waals surface area contributed by atoms with Gasteiger partial charge in [-0.15, -0.1) is 0 Å². The molecule has 0 bridgehead atoms. The second kappa shape index (κ2) is 9.65. The average Bonchev–Trinajstić information content (AvgIpc) is 2.75. The molecule has 0 radical (unpaired) electrons. The van der Waals surface area contributed by atoms with Crippen molar-refractivity contribution >= 4 is 17.4 Å². The zero-order chi connectivity index (χ0) is 19.2. The monoisotopic (exact) mass is 398 g/mol. The minimum Gasteiger partial charge on any atom is -0.493 e. The second-order valence-electron chi connectivity index (χ2n) is 8.37. The summed E-state index contributed by atoms with van der Waals surface area (Å²) in [6, 6.07) is 10.9. The molecule has 1 aromatic carbocycles. The minimum atomic E-state index is 0.528. The van der Waals surface area contributed by atoms with Crippen molar-refractivity contribution in [3.8, 4) is 16.9 Å². The highest BCUT2D eigenvalue weighted by atomic mass is 35.5. The summed E-state index contributed by atoms with van der Waals surface area (Å²) in [4.78, 5) is 4.50. The van der Waals surface area contributed by atoms with Gasteiger partial charge in [-0.05, 0) is 55.4 Å². The first kappa shape index (κ1) is 19.6. The molecule has 2 saturated carbocycles. The van der Waals surface area contributed by atoms with Crippen molar-refractivity contribution in [3.05, 3.63) is 41.6 Å². The van der Waals surface area contributed by atoms with Gasteiger partial charge in [0.2, 0.25) is 0 Å². The number of aromatic nitrogens is 1. The van der Waals surface area contributed by atoms with Crippen molar-refractivity contribution in [1.82, 2.24) is 4.98 Å². The molecule has 28 heavy (non-hydrogen) atoms. The molecule has 0 spiro atoms. The fourth-order valence-corrected chi connectivity index (χ4v) is 4.73. The number of hydrogen-bond acceptors (Lipinski definition) is 3. The first-order valence-corrected chi connectivity index (χ1v) is 11.3. The van der Waals surface area contributed by atoms with E-state index in [2.05, 4.69) is 34.6 Å². The number of ether oxygens (including phenoxy) is 1. The first-order valence-electron chi connectivity index (χ1n) is 10.9. The van der Waals surface area contributed by atoms with E-state index in [1.807, 2.05) is 6.07 Å². The Kier molecular flexibility index (Phi) is 6.74. The van der Waals surface area contributed by atoms with Crippen LogP contribution < -0.4 is 10.1 Å². The van der Waals surface area contributed by atoms with Gasteiger partial charge >= 0.3 is 0 Å². The molecule has 1 aromatic heterocycles. The van der Waals surface area contributed by atoms with Crippen LogP contribution in [-0.4, -0.2) is 17.6 Å². The molecule has 150 valence electrons. The Morgan fingerprint density at radius 1 is 0.964 bits per heavy atom. The standard InChI is InChI=1S/C24H31ClN2O/c25-23-16-26-24(27-20-11-5-2-6-12-20)15-22(23)19-10-7-13-21(14-19)28-17-18-8-3-1-4-9-18/h7,10,13-16,18,20H,1-6,8-9,11-12,17H2,(H,26,27). The molecule has 0 saturated heterocycles. The van der Waals surface area contributed by atoms with Crippen LogP contribution in [0.3, 0.4) is 0 Å². The summed E-state index contributed by atoms with van der Waals surface area (Å²) in [5.41, 5.74) is 2.10. The molecule has 4 rings (SSSR count). The van der Waals surface area contributed by atoms with Gasteiger partial charge in [-0.3, -0.25) is 0 Å². The maximum atomic E-state index is 6.49. The van der Waals surface area contributed by atoms with E-state index in [1.165, 1.54) is 64.2 Å². The lowest BCUT2D eigenvalue weighted by Crippen LogP contribution is -2.22. The Labute approximate surface area is 173 Å². The summed E-state index contributed by atoms with van der Waals surface area (Å²) >= 11 is 6.49. The molecular formula is C24H31ClN2O. The predicted octanol–water partition coefficient (Wildman–Crippen LogP) is 7.11. The molecule has 0 atom stereocenters. The van der Waals surface area contributed by atoms with E-state index in [1.54, 1.807) is 6.20 Å². The van der Waals surface area contributed by atoms with Crippen LogP contribution in [0.5, 0.6) is 5.75 Å². The van der Waals surface area contributed by atoms with E-state index in [-0.39, 0.29) is 0 Å². The Balaban J connectivity index is 1.45. The zero-order valence-corrected chi connectivity index (χ0v) is 17.4. The average molecular weight is 399 g/mol. The van der Waals surface area contributed by atoms with Crippen molar-refractivity contribution in [2.24, 2.45) is 5.92 Å². The van der Waals surface area contributed by atoms with E-state index in [0.29, 0.717) is 17.0 Å². The van der Waals surface area contributed by atoms with E-state index < -0.39 is 0 Å². The van der Waals surface area contributed by atoms with Crippen molar-refractivity contribution in [2.45, 2.75) is 70.3 Å². The maximum Gasteiger partial charge on any atom is 0.126 e. The fraction of sp³-hybridized carbons (Fsp3) is 0.542. The van der Waals surface area contributed by atoms with Gasteiger partial charge in [0.1, 0.15) is 11.6 Å². The Morgan fingerprint density at radius 3 is 2.50 bits per heavy atom. The number of nitrogens with one attached hydrogen (secondary N) is 1. The van der Waals surface area contributed by atoms with Gasteiger partial charge in [-0.2, -0.15) is 0 Å². The van der Waals surface area contributed by atoms with Crippen LogP contribution in [0.2, 0.25) is 5.02 Å². The molecule has 1 N–H and O–H groups in total. The molecule has 2 aromatic rings. The number of halogens is 1. The van der Waals surface area contributed by atoms with E-state index in [9.17, 15) is 0 Å². The molecule has 2 fully saturated rings. The van der Waals surface area contributed by atoms with Crippen LogP contribution in [-0.2, 0) is 0 Å². The zero-order valence-electron chi connectivity index (χ0n) is 16.6. The topological polar surface area (TPSA) is 34.2 Å². The summed E-state index contributed by atoms with van der Waals surface area (Å²) in [6.45, 7) is 0.821. The first-order chi connectivity index (χ1) is 13.8. The number of benzene rings is 1. The van der Waals surface area contributed by atoms with Gasteiger partial charge < -0.3 is 10.1 Å². The third-order valence-electron chi connectivity index (χ3n) is 6.17. The normalized spacial score (nSPS) is 18.8. The number of pyridine rings is 1. The van der Waals surface area contributed by atoms with Crippen LogP contribution in [0.1, 0.15) is 64.2 Å². The van der Waals surface area contributed by atoms with Gasteiger partial charge in [0.05, 0.1) is 11.6 Å². The molecule has 3 nitrogen and oxygen atoms in total.